The number of likely N-dealkylation sites (N-methyl/N-ethyl adjacent to an activating group) is 1. The van der Waals surface area contributed by atoms with E-state index in [1.165, 1.54) is 29.3 Å². The van der Waals surface area contributed by atoms with Crippen LogP contribution in [-0.4, -0.2) is 76.0 Å². The van der Waals surface area contributed by atoms with E-state index in [4.69, 9.17) is 4.74 Å². The van der Waals surface area contributed by atoms with Gasteiger partial charge in [0.1, 0.15) is 0 Å². The van der Waals surface area contributed by atoms with E-state index in [9.17, 15) is 13.2 Å². The Balaban J connectivity index is 1.62. The minimum Gasteiger partial charge on any atom is -0.379 e. The summed E-state index contributed by atoms with van der Waals surface area (Å²) in [4.78, 5) is 14.7. The Bertz CT molecular complexity index is 712. The Morgan fingerprint density at radius 3 is 2.72 bits per heavy atom. The molecule has 0 radical (unpaired) electrons. The summed E-state index contributed by atoms with van der Waals surface area (Å²) in [7, 11) is -1.53. The standard InChI is InChI=1S/C17H25N3O4S/c1-19(15-5-6-15)8-7-18-17(21)14-3-2-4-16(13-14)25(22,23)20-9-11-24-12-10-20/h2-4,13,15H,5-12H2,1H3,(H,18,21). The number of hydrogen-bond acceptors (Lipinski definition) is 5. The molecule has 1 saturated heterocycles. The highest BCUT2D eigenvalue weighted by Crippen LogP contribution is 2.24. The number of morpholine rings is 1. The summed E-state index contributed by atoms with van der Waals surface area (Å²) < 4.78 is 32.0. The highest BCUT2D eigenvalue weighted by Gasteiger charge is 2.27. The molecule has 1 aliphatic carbocycles. The molecule has 2 aliphatic rings. The lowest BCUT2D eigenvalue weighted by atomic mass is 10.2. The van der Waals surface area contributed by atoms with Crippen molar-refractivity contribution in [3.05, 3.63) is 29.8 Å². The molecule has 0 bridgehead atoms. The van der Waals surface area contributed by atoms with Crippen molar-refractivity contribution in [3.8, 4) is 0 Å². The van der Waals surface area contributed by atoms with E-state index in [-0.39, 0.29) is 10.8 Å². The van der Waals surface area contributed by atoms with Crippen molar-refractivity contribution in [2.45, 2.75) is 23.8 Å². The first kappa shape index (κ1) is 18.3. The molecule has 1 aromatic rings. The number of benzene rings is 1. The predicted molar refractivity (Wildman–Crippen MR) is 94.0 cm³/mol. The zero-order chi connectivity index (χ0) is 17.9. The molecule has 1 amide bonds. The van der Waals surface area contributed by atoms with Crippen LogP contribution in [0.15, 0.2) is 29.2 Å². The van der Waals surface area contributed by atoms with Crippen LogP contribution in [0, 0.1) is 0 Å². The molecule has 7 nitrogen and oxygen atoms in total. The van der Waals surface area contributed by atoms with E-state index in [0.717, 1.165) is 6.54 Å². The summed E-state index contributed by atoms with van der Waals surface area (Å²) in [6.45, 7) is 2.81. The quantitative estimate of drug-likeness (QED) is 0.761. The Morgan fingerprint density at radius 1 is 1.32 bits per heavy atom. The summed E-state index contributed by atoms with van der Waals surface area (Å²) >= 11 is 0. The molecular weight excluding hydrogens is 342 g/mol. The fourth-order valence-electron chi connectivity index (χ4n) is 2.88. The number of carbonyl (C=O) groups excluding carboxylic acids is 1. The van der Waals surface area contributed by atoms with Crippen LogP contribution in [0.5, 0.6) is 0 Å². The molecule has 1 aliphatic heterocycles. The second-order valence-corrected chi connectivity index (χ2v) is 8.45. The normalized spacial score (nSPS) is 19.1. The Labute approximate surface area is 149 Å². The molecule has 0 unspecified atom stereocenters. The number of rotatable bonds is 7. The van der Waals surface area contributed by atoms with Gasteiger partial charge < -0.3 is 15.0 Å². The van der Waals surface area contributed by atoms with Crippen molar-refractivity contribution in [2.24, 2.45) is 0 Å². The number of hydrogen-bond donors (Lipinski definition) is 1. The molecule has 8 heteroatoms. The molecule has 1 aromatic carbocycles. The third-order valence-electron chi connectivity index (χ3n) is 4.62. The van der Waals surface area contributed by atoms with E-state index >= 15 is 0 Å². The van der Waals surface area contributed by atoms with Gasteiger partial charge in [0.25, 0.3) is 5.91 Å². The fourth-order valence-corrected chi connectivity index (χ4v) is 4.33. The lowest BCUT2D eigenvalue weighted by Gasteiger charge is -2.26. The van der Waals surface area contributed by atoms with Crippen molar-refractivity contribution in [2.75, 3.05) is 46.4 Å². The summed E-state index contributed by atoms with van der Waals surface area (Å²) in [6.07, 6.45) is 2.46. The third-order valence-corrected chi connectivity index (χ3v) is 6.52. The zero-order valence-corrected chi connectivity index (χ0v) is 15.3. The summed E-state index contributed by atoms with van der Waals surface area (Å²) in [5.41, 5.74) is 0.364. The third kappa shape index (κ3) is 4.58. The van der Waals surface area contributed by atoms with Gasteiger partial charge in [-0.3, -0.25) is 4.79 Å². The number of carbonyl (C=O) groups is 1. The topological polar surface area (TPSA) is 79.0 Å². The number of nitrogens with one attached hydrogen (secondary N) is 1. The number of sulfonamides is 1. The number of amides is 1. The molecule has 0 spiro atoms. The van der Waals surface area contributed by atoms with Crippen LogP contribution in [0.3, 0.4) is 0 Å². The summed E-state index contributed by atoms with van der Waals surface area (Å²) in [5.74, 6) is -0.247. The van der Waals surface area contributed by atoms with Crippen LogP contribution >= 0.6 is 0 Å². The van der Waals surface area contributed by atoms with Gasteiger partial charge in [0.2, 0.25) is 10.0 Å². The first-order chi connectivity index (χ1) is 12.0. The van der Waals surface area contributed by atoms with Crippen LogP contribution in [0.4, 0.5) is 0 Å². The van der Waals surface area contributed by atoms with Crippen molar-refractivity contribution in [1.82, 2.24) is 14.5 Å². The average Bonchev–Trinajstić information content (AvgIpc) is 3.47. The van der Waals surface area contributed by atoms with E-state index in [0.29, 0.717) is 44.5 Å². The van der Waals surface area contributed by atoms with Crippen LogP contribution < -0.4 is 5.32 Å². The average molecular weight is 367 g/mol. The molecular formula is C17H25N3O4S. The Hall–Kier alpha value is -1.48. The summed E-state index contributed by atoms with van der Waals surface area (Å²) in [6, 6.07) is 6.88. The summed E-state index contributed by atoms with van der Waals surface area (Å²) in [5, 5.41) is 2.86. The van der Waals surface area contributed by atoms with Crippen LogP contribution in [-0.2, 0) is 14.8 Å². The van der Waals surface area contributed by atoms with Gasteiger partial charge in [0, 0.05) is 37.8 Å². The molecule has 138 valence electrons. The van der Waals surface area contributed by atoms with E-state index in [1.54, 1.807) is 12.1 Å². The van der Waals surface area contributed by atoms with Gasteiger partial charge >= 0.3 is 0 Å². The minimum absolute atomic E-state index is 0.150. The van der Waals surface area contributed by atoms with Gasteiger partial charge in [-0.15, -0.1) is 0 Å². The SMILES string of the molecule is CN(CCNC(=O)c1cccc(S(=O)(=O)N2CCOCC2)c1)C1CC1. The maximum absolute atomic E-state index is 12.7. The lowest BCUT2D eigenvalue weighted by Crippen LogP contribution is -2.40. The fraction of sp³-hybridized carbons (Fsp3) is 0.588. The maximum atomic E-state index is 12.7. The van der Waals surface area contributed by atoms with Gasteiger partial charge in [-0.1, -0.05) is 6.07 Å². The van der Waals surface area contributed by atoms with Gasteiger partial charge in [-0.05, 0) is 38.1 Å². The highest BCUT2D eigenvalue weighted by molar-refractivity contribution is 7.89. The van der Waals surface area contributed by atoms with Gasteiger partial charge in [0.05, 0.1) is 18.1 Å². The second kappa shape index (κ2) is 7.82. The van der Waals surface area contributed by atoms with Gasteiger partial charge in [0.15, 0.2) is 0 Å². The molecule has 3 rings (SSSR count). The second-order valence-electron chi connectivity index (χ2n) is 6.51. The number of nitrogens with zero attached hydrogens (tertiary/aromatic N) is 2. The molecule has 1 saturated carbocycles. The Kier molecular flexibility index (Phi) is 5.73. The molecule has 0 atom stereocenters. The monoisotopic (exact) mass is 367 g/mol. The first-order valence-electron chi connectivity index (χ1n) is 8.65. The molecule has 25 heavy (non-hydrogen) atoms. The zero-order valence-electron chi connectivity index (χ0n) is 14.5. The van der Waals surface area contributed by atoms with Crippen molar-refractivity contribution >= 4 is 15.9 Å². The van der Waals surface area contributed by atoms with Crippen LogP contribution in [0.2, 0.25) is 0 Å². The van der Waals surface area contributed by atoms with Gasteiger partial charge in [-0.25, -0.2) is 8.42 Å². The smallest absolute Gasteiger partial charge is 0.251 e. The maximum Gasteiger partial charge on any atom is 0.251 e. The largest absolute Gasteiger partial charge is 0.379 e. The molecule has 1 N–H and O–H groups in total. The molecule has 1 heterocycles. The van der Waals surface area contributed by atoms with Crippen LogP contribution in [0.1, 0.15) is 23.2 Å². The van der Waals surface area contributed by atoms with E-state index in [2.05, 4.69) is 17.3 Å². The highest BCUT2D eigenvalue weighted by atomic mass is 32.2. The number of ether oxygens (including phenoxy) is 1. The van der Waals surface area contributed by atoms with Crippen molar-refractivity contribution in [1.29, 1.82) is 0 Å². The van der Waals surface area contributed by atoms with Crippen molar-refractivity contribution < 1.29 is 17.9 Å². The van der Waals surface area contributed by atoms with E-state index < -0.39 is 10.0 Å². The minimum atomic E-state index is -3.59. The van der Waals surface area contributed by atoms with E-state index in [1.807, 2.05) is 0 Å². The molecule has 2 fully saturated rings. The lowest BCUT2D eigenvalue weighted by molar-refractivity contribution is 0.0730. The van der Waals surface area contributed by atoms with Crippen molar-refractivity contribution in [3.63, 3.8) is 0 Å². The van der Waals surface area contributed by atoms with Gasteiger partial charge in [-0.2, -0.15) is 4.31 Å². The molecule has 0 aromatic heterocycles. The Morgan fingerprint density at radius 2 is 2.04 bits per heavy atom. The first-order valence-corrected chi connectivity index (χ1v) is 10.1. The van der Waals surface area contributed by atoms with Crippen LogP contribution in [0.25, 0.3) is 0 Å². The predicted octanol–water partition coefficient (Wildman–Crippen LogP) is 0.532.